The molecule has 0 unspecified atom stereocenters. The van der Waals surface area contributed by atoms with E-state index in [9.17, 15) is 0 Å². The monoisotopic (exact) mass is 280 g/mol. The molecule has 0 radical (unpaired) electrons. The second-order valence-electron chi connectivity index (χ2n) is 4.64. The molecule has 0 aliphatic rings. The van der Waals surface area contributed by atoms with Crippen molar-refractivity contribution in [3.05, 3.63) is 42.4 Å². The quantitative estimate of drug-likeness (QED) is 0.544. The third-order valence-electron chi connectivity index (χ3n) is 3.27. The standard InChI is InChI=1S/C16H16N4O/c1-3-4-9-21-11-13-10-16(18-19(13)2)20-12-17-14-7-5-6-8-15(14)20/h5-8,10,12H,9,11H2,1-2H3. The number of imidazole rings is 1. The van der Waals surface area contributed by atoms with E-state index in [2.05, 4.69) is 21.9 Å². The molecule has 0 saturated carbocycles. The Morgan fingerprint density at radius 3 is 3.00 bits per heavy atom. The molecular formula is C16H16N4O. The molecule has 0 N–H and O–H groups in total. The summed E-state index contributed by atoms with van der Waals surface area (Å²) in [5.41, 5.74) is 3.00. The van der Waals surface area contributed by atoms with Gasteiger partial charge in [-0.25, -0.2) is 4.98 Å². The molecule has 3 aromatic rings. The average molecular weight is 280 g/mol. The van der Waals surface area contributed by atoms with Gasteiger partial charge >= 0.3 is 0 Å². The SMILES string of the molecule is CC#CCOCc1cc(-n2cnc3ccccc32)nn1C. The van der Waals surface area contributed by atoms with Crippen molar-refractivity contribution in [3.8, 4) is 17.7 Å². The first-order valence-electron chi connectivity index (χ1n) is 6.72. The molecule has 0 spiro atoms. The molecule has 0 saturated heterocycles. The Morgan fingerprint density at radius 2 is 2.14 bits per heavy atom. The molecule has 0 fully saturated rings. The number of ether oxygens (including phenoxy) is 1. The molecule has 0 aliphatic heterocycles. The van der Waals surface area contributed by atoms with E-state index >= 15 is 0 Å². The molecule has 2 aromatic heterocycles. The minimum absolute atomic E-state index is 0.436. The summed E-state index contributed by atoms with van der Waals surface area (Å²) >= 11 is 0. The Hall–Kier alpha value is -2.58. The molecule has 0 atom stereocenters. The van der Waals surface area contributed by atoms with E-state index in [1.54, 1.807) is 13.3 Å². The van der Waals surface area contributed by atoms with Crippen LogP contribution in [0.2, 0.25) is 0 Å². The van der Waals surface area contributed by atoms with E-state index in [1.165, 1.54) is 0 Å². The van der Waals surface area contributed by atoms with Crippen LogP contribution in [0.5, 0.6) is 0 Å². The van der Waals surface area contributed by atoms with Crippen LogP contribution in [0.1, 0.15) is 12.6 Å². The third-order valence-corrected chi connectivity index (χ3v) is 3.27. The van der Waals surface area contributed by atoms with Crippen LogP contribution in [0.15, 0.2) is 36.7 Å². The smallest absolute Gasteiger partial charge is 0.160 e. The first-order valence-corrected chi connectivity index (χ1v) is 6.72. The lowest BCUT2D eigenvalue weighted by atomic mass is 10.3. The summed E-state index contributed by atoms with van der Waals surface area (Å²) in [7, 11) is 1.91. The number of rotatable bonds is 4. The van der Waals surface area contributed by atoms with Gasteiger partial charge in [0.15, 0.2) is 5.82 Å². The van der Waals surface area contributed by atoms with Crippen LogP contribution in [0, 0.1) is 11.8 Å². The number of nitrogens with zero attached hydrogens (tertiary/aromatic N) is 4. The Morgan fingerprint density at radius 1 is 1.29 bits per heavy atom. The summed E-state index contributed by atoms with van der Waals surface area (Å²) in [6, 6.07) is 10.0. The number of fused-ring (bicyclic) bond motifs is 1. The maximum Gasteiger partial charge on any atom is 0.160 e. The summed E-state index contributed by atoms with van der Waals surface area (Å²) in [5.74, 6) is 6.53. The highest BCUT2D eigenvalue weighted by atomic mass is 16.5. The summed E-state index contributed by atoms with van der Waals surface area (Å²) in [5, 5.41) is 4.53. The molecule has 2 heterocycles. The van der Waals surface area contributed by atoms with Crippen molar-refractivity contribution in [1.82, 2.24) is 19.3 Å². The Kier molecular flexibility index (Phi) is 3.71. The molecule has 21 heavy (non-hydrogen) atoms. The predicted molar refractivity (Wildman–Crippen MR) is 80.9 cm³/mol. The number of hydrogen-bond donors (Lipinski definition) is 0. The number of hydrogen-bond acceptors (Lipinski definition) is 3. The fourth-order valence-corrected chi connectivity index (χ4v) is 2.16. The van der Waals surface area contributed by atoms with Crippen molar-refractivity contribution in [3.63, 3.8) is 0 Å². The van der Waals surface area contributed by atoms with Gasteiger partial charge in [0.2, 0.25) is 0 Å². The van der Waals surface area contributed by atoms with Crippen molar-refractivity contribution in [2.45, 2.75) is 13.5 Å². The van der Waals surface area contributed by atoms with Gasteiger partial charge in [-0.1, -0.05) is 18.1 Å². The summed E-state index contributed by atoms with van der Waals surface area (Å²) in [4.78, 5) is 4.38. The number of aryl methyl sites for hydroxylation is 1. The zero-order valence-electron chi connectivity index (χ0n) is 12.1. The van der Waals surface area contributed by atoms with Crippen molar-refractivity contribution in [1.29, 1.82) is 0 Å². The lowest BCUT2D eigenvalue weighted by Crippen LogP contribution is -2.01. The van der Waals surface area contributed by atoms with Gasteiger partial charge in [0.05, 0.1) is 23.3 Å². The molecule has 5 heteroatoms. The van der Waals surface area contributed by atoms with Crippen molar-refractivity contribution >= 4 is 11.0 Å². The van der Waals surface area contributed by atoms with Gasteiger partial charge in [-0.15, -0.1) is 5.92 Å². The zero-order chi connectivity index (χ0) is 14.7. The van der Waals surface area contributed by atoms with Crippen molar-refractivity contribution in [2.75, 3.05) is 6.61 Å². The van der Waals surface area contributed by atoms with E-state index in [1.807, 2.05) is 46.6 Å². The van der Waals surface area contributed by atoms with Crippen LogP contribution in [-0.2, 0) is 18.4 Å². The average Bonchev–Trinajstić information content (AvgIpc) is 3.07. The Bertz CT molecular complexity index is 820. The predicted octanol–water partition coefficient (Wildman–Crippen LogP) is 2.30. The second-order valence-corrected chi connectivity index (χ2v) is 4.64. The maximum absolute atomic E-state index is 5.50. The number of benzene rings is 1. The van der Waals surface area contributed by atoms with E-state index in [4.69, 9.17) is 4.74 Å². The van der Waals surface area contributed by atoms with Crippen molar-refractivity contribution < 1.29 is 4.74 Å². The molecule has 0 bridgehead atoms. The second kappa shape index (κ2) is 5.81. The van der Waals surface area contributed by atoms with Gasteiger partial charge in [-0.05, 0) is 19.1 Å². The van der Waals surface area contributed by atoms with Crippen LogP contribution >= 0.6 is 0 Å². The summed E-state index contributed by atoms with van der Waals surface area (Å²) in [6.07, 6.45) is 1.79. The largest absolute Gasteiger partial charge is 0.363 e. The lowest BCUT2D eigenvalue weighted by Gasteiger charge is -1.99. The lowest BCUT2D eigenvalue weighted by molar-refractivity contribution is 0.147. The van der Waals surface area contributed by atoms with Gasteiger partial charge in [-0.3, -0.25) is 9.25 Å². The van der Waals surface area contributed by atoms with Crippen LogP contribution in [-0.4, -0.2) is 25.9 Å². The molecule has 5 nitrogen and oxygen atoms in total. The van der Waals surface area contributed by atoms with Gasteiger partial charge in [0, 0.05) is 13.1 Å². The Labute approximate surface area is 123 Å². The first-order chi connectivity index (χ1) is 10.3. The van der Waals surface area contributed by atoms with Gasteiger partial charge < -0.3 is 4.74 Å². The minimum Gasteiger partial charge on any atom is -0.363 e. The fraction of sp³-hybridized carbons (Fsp3) is 0.250. The molecule has 3 rings (SSSR count). The van der Waals surface area contributed by atoms with Gasteiger partial charge in [-0.2, -0.15) is 5.10 Å². The normalized spacial score (nSPS) is 10.6. The van der Waals surface area contributed by atoms with Crippen LogP contribution in [0.4, 0.5) is 0 Å². The van der Waals surface area contributed by atoms with Gasteiger partial charge in [0.25, 0.3) is 0 Å². The summed E-state index contributed by atoms with van der Waals surface area (Å²) < 4.78 is 9.30. The highest BCUT2D eigenvalue weighted by molar-refractivity contribution is 5.76. The van der Waals surface area contributed by atoms with E-state index in [0.717, 1.165) is 22.5 Å². The molecular weight excluding hydrogens is 264 g/mol. The van der Waals surface area contributed by atoms with Crippen LogP contribution in [0.3, 0.4) is 0 Å². The van der Waals surface area contributed by atoms with E-state index in [-0.39, 0.29) is 0 Å². The highest BCUT2D eigenvalue weighted by Crippen LogP contribution is 2.17. The number of para-hydroxylation sites is 2. The maximum atomic E-state index is 5.50. The van der Waals surface area contributed by atoms with Crippen molar-refractivity contribution in [2.24, 2.45) is 7.05 Å². The zero-order valence-corrected chi connectivity index (χ0v) is 12.1. The molecule has 0 amide bonds. The molecule has 106 valence electrons. The summed E-state index contributed by atoms with van der Waals surface area (Å²) in [6.45, 7) is 2.73. The van der Waals surface area contributed by atoms with Crippen LogP contribution in [0.25, 0.3) is 16.9 Å². The fourth-order valence-electron chi connectivity index (χ4n) is 2.16. The molecule has 0 aliphatic carbocycles. The minimum atomic E-state index is 0.436. The van der Waals surface area contributed by atoms with E-state index < -0.39 is 0 Å². The topological polar surface area (TPSA) is 44.9 Å². The highest BCUT2D eigenvalue weighted by Gasteiger charge is 2.09. The molecule has 1 aromatic carbocycles. The Balaban J connectivity index is 1.87. The van der Waals surface area contributed by atoms with Gasteiger partial charge in [0.1, 0.15) is 12.9 Å². The first kappa shape index (κ1) is 13.4. The van der Waals surface area contributed by atoms with Crippen LogP contribution < -0.4 is 0 Å². The third kappa shape index (κ3) is 2.67. The van der Waals surface area contributed by atoms with E-state index in [0.29, 0.717) is 13.2 Å². The number of aromatic nitrogens is 4.